The lowest BCUT2D eigenvalue weighted by Crippen LogP contribution is -2.31. The Bertz CT molecular complexity index is 724. The molecule has 1 N–H and O–H groups in total. The Morgan fingerprint density at radius 3 is 2.85 bits per heavy atom. The van der Waals surface area contributed by atoms with Gasteiger partial charge in [0.2, 0.25) is 10.0 Å². The van der Waals surface area contributed by atoms with Crippen LogP contribution in [0.25, 0.3) is 0 Å². The highest BCUT2D eigenvalue weighted by Crippen LogP contribution is 2.34. The van der Waals surface area contributed by atoms with Crippen molar-refractivity contribution in [1.82, 2.24) is 4.72 Å². The van der Waals surface area contributed by atoms with Crippen LogP contribution < -0.4 is 4.72 Å². The summed E-state index contributed by atoms with van der Waals surface area (Å²) in [6.07, 6.45) is 2.68. The van der Waals surface area contributed by atoms with Gasteiger partial charge in [0.25, 0.3) is 0 Å². The fraction of sp³-hybridized carbons (Fsp3) is 0.286. The van der Waals surface area contributed by atoms with Crippen molar-refractivity contribution in [2.24, 2.45) is 0 Å². The topological polar surface area (TPSA) is 46.2 Å². The zero-order valence-corrected chi connectivity index (χ0v) is 12.3. The Balaban J connectivity index is 1.91. The van der Waals surface area contributed by atoms with Crippen LogP contribution >= 0.6 is 11.3 Å². The number of halogens is 1. The van der Waals surface area contributed by atoms with Crippen LogP contribution in [0.3, 0.4) is 0 Å². The summed E-state index contributed by atoms with van der Waals surface area (Å²) >= 11 is 1.65. The molecule has 0 fully saturated rings. The number of hydrogen-bond donors (Lipinski definition) is 1. The van der Waals surface area contributed by atoms with E-state index in [0.717, 1.165) is 30.9 Å². The predicted octanol–water partition coefficient (Wildman–Crippen LogP) is 3.24. The lowest BCUT2D eigenvalue weighted by Gasteiger charge is -2.23. The number of thiophene rings is 1. The second-order valence-electron chi connectivity index (χ2n) is 4.80. The summed E-state index contributed by atoms with van der Waals surface area (Å²) < 4.78 is 40.9. The van der Waals surface area contributed by atoms with Crippen LogP contribution in [0.15, 0.2) is 40.6 Å². The van der Waals surface area contributed by atoms with Crippen LogP contribution in [-0.4, -0.2) is 8.42 Å². The van der Waals surface area contributed by atoms with E-state index in [2.05, 4.69) is 4.72 Å². The number of benzene rings is 1. The van der Waals surface area contributed by atoms with Crippen LogP contribution in [-0.2, 0) is 16.4 Å². The normalized spacial score (nSPS) is 18.8. The Kier molecular flexibility index (Phi) is 3.62. The molecule has 106 valence electrons. The van der Waals surface area contributed by atoms with Gasteiger partial charge in [0.1, 0.15) is 10.7 Å². The highest BCUT2D eigenvalue weighted by Gasteiger charge is 2.27. The maximum atomic E-state index is 13.7. The van der Waals surface area contributed by atoms with Gasteiger partial charge in [-0.2, -0.15) is 0 Å². The molecule has 1 aromatic carbocycles. The third-order valence-corrected chi connectivity index (χ3v) is 5.98. The predicted molar refractivity (Wildman–Crippen MR) is 76.7 cm³/mol. The van der Waals surface area contributed by atoms with Gasteiger partial charge in [0, 0.05) is 10.9 Å². The quantitative estimate of drug-likeness (QED) is 0.946. The fourth-order valence-electron chi connectivity index (χ4n) is 2.52. The SMILES string of the molecule is O=S(=O)(NC1CCCc2sccc21)c1ccccc1F. The molecule has 3 rings (SSSR count). The van der Waals surface area contributed by atoms with Crippen LogP contribution in [0.2, 0.25) is 0 Å². The lowest BCUT2D eigenvalue weighted by atomic mass is 9.95. The summed E-state index contributed by atoms with van der Waals surface area (Å²) in [5.74, 6) is -0.721. The lowest BCUT2D eigenvalue weighted by molar-refractivity contribution is 0.505. The second-order valence-corrected chi connectivity index (χ2v) is 7.48. The molecule has 0 aliphatic heterocycles. The van der Waals surface area contributed by atoms with E-state index in [0.29, 0.717) is 0 Å². The maximum absolute atomic E-state index is 13.7. The van der Waals surface area contributed by atoms with Gasteiger partial charge in [-0.25, -0.2) is 17.5 Å². The van der Waals surface area contributed by atoms with Crippen molar-refractivity contribution in [2.45, 2.75) is 30.2 Å². The molecule has 20 heavy (non-hydrogen) atoms. The minimum Gasteiger partial charge on any atom is -0.207 e. The van der Waals surface area contributed by atoms with Gasteiger partial charge in [-0.3, -0.25) is 0 Å². The molecule has 0 radical (unpaired) electrons. The van der Waals surface area contributed by atoms with Crippen molar-refractivity contribution < 1.29 is 12.8 Å². The molecule has 1 unspecified atom stereocenters. The molecule has 6 heteroatoms. The largest absolute Gasteiger partial charge is 0.244 e. The van der Waals surface area contributed by atoms with E-state index in [1.54, 1.807) is 11.3 Å². The standard InChI is InChI=1S/C14H14FNO2S2/c15-11-4-1-2-7-14(11)20(17,18)16-12-5-3-6-13-10(12)8-9-19-13/h1-2,4,7-9,12,16H,3,5-6H2. The Labute approximate surface area is 121 Å². The number of hydrogen-bond acceptors (Lipinski definition) is 3. The minimum atomic E-state index is -3.83. The molecule has 2 aromatic rings. The highest BCUT2D eigenvalue weighted by molar-refractivity contribution is 7.89. The van der Waals surface area contributed by atoms with E-state index in [4.69, 9.17) is 0 Å². The van der Waals surface area contributed by atoms with E-state index in [9.17, 15) is 12.8 Å². The first-order valence-corrected chi connectivity index (χ1v) is 8.77. The molecule has 1 aliphatic carbocycles. The molecule has 1 heterocycles. The van der Waals surface area contributed by atoms with Gasteiger partial charge >= 0.3 is 0 Å². The molecule has 1 aliphatic rings. The van der Waals surface area contributed by atoms with E-state index >= 15 is 0 Å². The zero-order valence-electron chi connectivity index (χ0n) is 10.7. The van der Waals surface area contributed by atoms with Gasteiger partial charge in [-0.1, -0.05) is 12.1 Å². The summed E-state index contributed by atoms with van der Waals surface area (Å²) in [6, 6.07) is 7.14. The van der Waals surface area contributed by atoms with E-state index < -0.39 is 15.8 Å². The average molecular weight is 311 g/mol. The van der Waals surface area contributed by atoms with E-state index in [1.165, 1.54) is 23.1 Å². The van der Waals surface area contributed by atoms with Gasteiger partial charge in [-0.15, -0.1) is 11.3 Å². The molecule has 0 amide bonds. The first-order valence-electron chi connectivity index (χ1n) is 6.41. The van der Waals surface area contributed by atoms with Crippen LogP contribution in [0.4, 0.5) is 4.39 Å². The summed E-state index contributed by atoms with van der Waals surface area (Å²) in [5.41, 5.74) is 1.03. The number of sulfonamides is 1. The van der Waals surface area contributed by atoms with Gasteiger partial charge in [-0.05, 0) is 48.4 Å². The summed E-state index contributed by atoms with van der Waals surface area (Å²) in [7, 11) is -3.83. The Morgan fingerprint density at radius 1 is 1.25 bits per heavy atom. The van der Waals surface area contributed by atoms with Gasteiger partial charge < -0.3 is 0 Å². The zero-order chi connectivity index (χ0) is 14.2. The maximum Gasteiger partial charge on any atom is 0.244 e. The van der Waals surface area contributed by atoms with Crippen LogP contribution in [0.5, 0.6) is 0 Å². The Morgan fingerprint density at radius 2 is 2.05 bits per heavy atom. The van der Waals surface area contributed by atoms with Crippen molar-refractivity contribution in [2.75, 3.05) is 0 Å². The van der Waals surface area contributed by atoms with Crippen molar-refractivity contribution in [1.29, 1.82) is 0 Å². The average Bonchev–Trinajstić information content (AvgIpc) is 2.88. The molecule has 1 aromatic heterocycles. The monoisotopic (exact) mass is 311 g/mol. The molecule has 0 bridgehead atoms. The van der Waals surface area contributed by atoms with Crippen molar-refractivity contribution in [3.05, 3.63) is 52.0 Å². The minimum absolute atomic E-state index is 0.255. The van der Waals surface area contributed by atoms with Gasteiger partial charge in [0.15, 0.2) is 0 Å². The molecule has 0 saturated heterocycles. The van der Waals surface area contributed by atoms with Crippen LogP contribution in [0.1, 0.15) is 29.3 Å². The molecular weight excluding hydrogens is 297 g/mol. The molecule has 0 spiro atoms. The molecular formula is C14H14FNO2S2. The third kappa shape index (κ3) is 2.51. The number of aryl methyl sites for hydroxylation is 1. The van der Waals surface area contributed by atoms with E-state index in [1.807, 2.05) is 11.4 Å². The number of fused-ring (bicyclic) bond motifs is 1. The number of rotatable bonds is 3. The molecule has 0 saturated carbocycles. The first kappa shape index (κ1) is 13.7. The third-order valence-electron chi connectivity index (χ3n) is 3.48. The molecule has 3 nitrogen and oxygen atoms in total. The van der Waals surface area contributed by atoms with Crippen molar-refractivity contribution >= 4 is 21.4 Å². The van der Waals surface area contributed by atoms with E-state index in [-0.39, 0.29) is 10.9 Å². The van der Waals surface area contributed by atoms with Crippen molar-refractivity contribution in [3.63, 3.8) is 0 Å². The van der Waals surface area contributed by atoms with Gasteiger partial charge in [0.05, 0.1) is 0 Å². The number of nitrogens with one attached hydrogen (secondary N) is 1. The summed E-state index contributed by atoms with van der Waals surface area (Å²) in [4.78, 5) is 0.930. The summed E-state index contributed by atoms with van der Waals surface area (Å²) in [5, 5.41) is 1.97. The second kappa shape index (κ2) is 5.27. The fourth-order valence-corrected chi connectivity index (χ4v) is 4.84. The summed E-state index contributed by atoms with van der Waals surface area (Å²) in [6.45, 7) is 0. The highest BCUT2D eigenvalue weighted by atomic mass is 32.2. The molecule has 1 atom stereocenters. The van der Waals surface area contributed by atoms with Crippen molar-refractivity contribution in [3.8, 4) is 0 Å². The smallest absolute Gasteiger partial charge is 0.207 e. The van der Waals surface area contributed by atoms with Crippen LogP contribution in [0, 0.1) is 5.82 Å². The first-order chi connectivity index (χ1) is 9.58. The Hall–Kier alpha value is -1.24.